The van der Waals surface area contributed by atoms with Crippen LogP contribution in [0.4, 0.5) is 0 Å². The highest BCUT2D eigenvalue weighted by Crippen LogP contribution is 2.16. The Balaban J connectivity index is 1.67. The lowest BCUT2D eigenvalue weighted by molar-refractivity contribution is -0.128. The van der Waals surface area contributed by atoms with Gasteiger partial charge in [0.2, 0.25) is 0 Å². The Kier molecular flexibility index (Phi) is 13.5. The van der Waals surface area contributed by atoms with Crippen molar-refractivity contribution < 1.29 is 23.8 Å². The molecule has 0 heterocycles. The van der Waals surface area contributed by atoms with E-state index in [1.54, 1.807) is 18.2 Å². The molecular formula is C28H35ClO5. The molecule has 0 saturated carbocycles. The molecule has 0 amide bonds. The van der Waals surface area contributed by atoms with Crippen molar-refractivity contribution in [1.82, 2.24) is 0 Å². The molecule has 184 valence electrons. The van der Waals surface area contributed by atoms with E-state index in [2.05, 4.69) is 6.92 Å². The van der Waals surface area contributed by atoms with E-state index in [1.807, 2.05) is 24.3 Å². The third-order valence-corrected chi connectivity index (χ3v) is 5.33. The van der Waals surface area contributed by atoms with Crippen LogP contribution in [0.2, 0.25) is 0 Å². The molecule has 0 aliphatic carbocycles. The average molecular weight is 487 g/mol. The van der Waals surface area contributed by atoms with E-state index in [4.69, 9.17) is 25.8 Å². The van der Waals surface area contributed by atoms with Crippen molar-refractivity contribution in [3.63, 3.8) is 0 Å². The summed E-state index contributed by atoms with van der Waals surface area (Å²) in [5.74, 6) is 0.430. The predicted octanol–water partition coefficient (Wildman–Crippen LogP) is 7.22. The molecule has 6 heteroatoms. The number of ether oxygens (including phenoxy) is 3. The molecule has 0 atom stereocenters. The number of halogens is 1. The lowest BCUT2D eigenvalue weighted by Crippen LogP contribution is -2.07. The quantitative estimate of drug-likeness (QED) is 0.0823. The number of hydrogen-bond donors (Lipinski definition) is 0. The summed E-state index contributed by atoms with van der Waals surface area (Å²) in [5.41, 5.74) is 1.24. The highest BCUT2D eigenvalue weighted by Gasteiger charge is 2.08. The summed E-state index contributed by atoms with van der Waals surface area (Å²) in [6, 6.07) is 13.8. The number of hydrogen-bond acceptors (Lipinski definition) is 5. The number of esters is 2. The van der Waals surface area contributed by atoms with Gasteiger partial charge in [-0.3, -0.25) is 0 Å². The molecule has 34 heavy (non-hydrogen) atoms. The van der Waals surface area contributed by atoms with Crippen molar-refractivity contribution in [3.05, 3.63) is 65.7 Å². The Morgan fingerprint density at radius 3 is 2.06 bits per heavy atom. The van der Waals surface area contributed by atoms with Crippen molar-refractivity contribution in [2.45, 2.75) is 58.3 Å². The first kappa shape index (κ1) is 27.5. The van der Waals surface area contributed by atoms with E-state index in [-0.39, 0.29) is 12.5 Å². The molecule has 0 spiro atoms. The maximum atomic E-state index is 12.1. The van der Waals surface area contributed by atoms with E-state index in [9.17, 15) is 9.59 Å². The molecule has 0 unspecified atom stereocenters. The van der Waals surface area contributed by atoms with Crippen LogP contribution >= 0.6 is 11.6 Å². The Labute approximate surface area is 208 Å². The summed E-state index contributed by atoms with van der Waals surface area (Å²) in [7, 11) is 0. The van der Waals surface area contributed by atoms with Gasteiger partial charge < -0.3 is 14.2 Å². The van der Waals surface area contributed by atoms with Crippen LogP contribution < -0.4 is 9.47 Å². The molecule has 2 rings (SSSR count). The number of rotatable bonds is 16. The van der Waals surface area contributed by atoms with E-state index in [1.165, 1.54) is 63.2 Å². The summed E-state index contributed by atoms with van der Waals surface area (Å²) in [6.45, 7) is 3.11. The topological polar surface area (TPSA) is 61.8 Å². The van der Waals surface area contributed by atoms with Gasteiger partial charge in [0.05, 0.1) is 18.1 Å². The van der Waals surface area contributed by atoms with E-state index < -0.39 is 11.9 Å². The second kappa shape index (κ2) is 16.8. The summed E-state index contributed by atoms with van der Waals surface area (Å²) in [6.07, 6.45) is 13.2. The van der Waals surface area contributed by atoms with Crippen LogP contribution in [-0.2, 0) is 9.53 Å². The van der Waals surface area contributed by atoms with Gasteiger partial charge in [-0.2, -0.15) is 0 Å². The number of carbonyl (C=O) groups excluding carboxylic acids is 2. The van der Waals surface area contributed by atoms with Gasteiger partial charge in [0.25, 0.3) is 0 Å². The Morgan fingerprint density at radius 1 is 0.794 bits per heavy atom. The maximum Gasteiger partial charge on any atom is 0.338 e. The van der Waals surface area contributed by atoms with Gasteiger partial charge >= 0.3 is 11.9 Å². The van der Waals surface area contributed by atoms with Crippen LogP contribution in [0, 0.1) is 0 Å². The summed E-state index contributed by atoms with van der Waals surface area (Å²) in [4.78, 5) is 23.8. The maximum absolute atomic E-state index is 12.1. The second-order valence-corrected chi connectivity index (χ2v) is 8.37. The van der Waals surface area contributed by atoms with Crippen LogP contribution in [-0.4, -0.2) is 31.0 Å². The fraction of sp³-hybridized carbons (Fsp3) is 0.429. The summed E-state index contributed by atoms with van der Waals surface area (Å²) >= 11 is 5.50. The minimum Gasteiger partial charge on any atom is -0.494 e. The lowest BCUT2D eigenvalue weighted by atomic mass is 10.1. The zero-order valence-corrected chi connectivity index (χ0v) is 20.7. The normalized spacial score (nSPS) is 10.9. The summed E-state index contributed by atoms with van der Waals surface area (Å²) < 4.78 is 16.0. The first-order chi connectivity index (χ1) is 16.6. The van der Waals surface area contributed by atoms with Crippen molar-refractivity contribution in [2.24, 2.45) is 0 Å². The Morgan fingerprint density at radius 2 is 1.41 bits per heavy atom. The van der Waals surface area contributed by atoms with Gasteiger partial charge in [0.1, 0.15) is 18.1 Å². The fourth-order valence-electron chi connectivity index (χ4n) is 3.29. The molecule has 0 N–H and O–H groups in total. The molecule has 5 nitrogen and oxygen atoms in total. The standard InChI is InChI=1S/C28H35ClO5/c1-2-3-4-5-6-7-8-9-21-32-25-15-10-23(11-16-25)12-19-27(30)34-26-17-13-24(14-18-26)28(31)33-22-20-29/h10-19H,2-9,20-22H2,1H3/b19-12+. The SMILES string of the molecule is CCCCCCCCCCOc1ccc(/C=C/C(=O)Oc2ccc(C(=O)OCCCl)cc2)cc1. The lowest BCUT2D eigenvalue weighted by Gasteiger charge is -2.06. The van der Waals surface area contributed by atoms with Crippen LogP contribution in [0.15, 0.2) is 54.6 Å². The molecule has 0 aromatic heterocycles. The molecule has 2 aromatic carbocycles. The minimum atomic E-state index is -0.507. The highest BCUT2D eigenvalue weighted by atomic mass is 35.5. The molecule has 0 radical (unpaired) electrons. The monoisotopic (exact) mass is 486 g/mol. The van der Waals surface area contributed by atoms with Gasteiger partial charge in [-0.1, -0.05) is 64.0 Å². The van der Waals surface area contributed by atoms with E-state index >= 15 is 0 Å². The van der Waals surface area contributed by atoms with Crippen molar-refractivity contribution in [1.29, 1.82) is 0 Å². The molecular weight excluding hydrogens is 452 g/mol. The Hall–Kier alpha value is -2.79. The molecule has 2 aromatic rings. The van der Waals surface area contributed by atoms with Crippen molar-refractivity contribution in [2.75, 3.05) is 19.1 Å². The molecule has 0 aliphatic rings. The molecule has 0 saturated heterocycles. The zero-order chi connectivity index (χ0) is 24.4. The fourth-order valence-corrected chi connectivity index (χ4v) is 3.37. The number of carbonyl (C=O) groups is 2. The first-order valence-electron chi connectivity index (χ1n) is 12.1. The molecule has 0 fully saturated rings. The largest absolute Gasteiger partial charge is 0.494 e. The third-order valence-electron chi connectivity index (χ3n) is 5.18. The molecule has 0 bridgehead atoms. The predicted molar refractivity (Wildman–Crippen MR) is 137 cm³/mol. The van der Waals surface area contributed by atoms with E-state index in [0.29, 0.717) is 11.3 Å². The van der Waals surface area contributed by atoms with Crippen molar-refractivity contribution in [3.8, 4) is 11.5 Å². The second-order valence-electron chi connectivity index (χ2n) is 8.00. The van der Waals surface area contributed by atoms with Gasteiger partial charge in [-0.15, -0.1) is 11.6 Å². The first-order valence-corrected chi connectivity index (χ1v) is 12.6. The van der Waals surface area contributed by atoms with Crippen LogP contribution in [0.25, 0.3) is 6.08 Å². The number of unbranched alkanes of at least 4 members (excludes halogenated alkanes) is 7. The average Bonchev–Trinajstić information content (AvgIpc) is 2.86. The minimum absolute atomic E-state index is 0.147. The van der Waals surface area contributed by atoms with Crippen LogP contribution in [0.1, 0.15) is 74.2 Å². The van der Waals surface area contributed by atoms with E-state index in [0.717, 1.165) is 24.3 Å². The van der Waals surface area contributed by atoms with Gasteiger partial charge in [0.15, 0.2) is 0 Å². The van der Waals surface area contributed by atoms with Gasteiger partial charge in [0, 0.05) is 6.08 Å². The summed E-state index contributed by atoms with van der Waals surface area (Å²) in [5, 5.41) is 0. The smallest absolute Gasteiger partial charge is 0.338 e. The Bertz CT molecular complexity index is 875. The van der Waals surface area contributed by atoms with Crippen LogP contribution in [0.3, 0.4) is 0 Å². The van der Waals surface area contributed by atoms with Gasteiger partial charge in [-0.05, 0) is 54.5 Å². The zero-order valence-electron chi connectivity index (χ0n) is 20.0. The number of benzene rings is 2. The number of alkyl halides is 1. The van der Waals surface area contributed by atoms with Crippen molar-refractivity contribution >= 4 is 29.6 Å². The van der Waals surface area contributed by atoms with Gasteiger partial charge in [-0.25, -0.2) is 9.59 Å². The highest BCUT2D eigenvalue weighted by molar-refractivity contribution is 6.18. The third kappa shape index (κ3) is 11.4. The molecule has 0 aliphatic heterocycles. The van der Waals surface area contributed by atoms with Crippen LogP contribution in [0.5, 0.6) is 11.5 Å².